The SMILES string of the molecule is CC1CC(Cc2ccc(F)cc2)CCOC[C@H](NC(=O)OC(C)(C)C)C(=O)O1.OCC1CC1. The molecule has 0 aromatic heterocycles. The first-order valence-corrected chi connectivity index (χ1v) is 11.7. The molecule has 33 heavy (non-hydrogen) atoms. The van der Waals surface area contributed by atoms with Crippen LogP contribution < -0.4 is 5.32 Å². The molecule has 186 valence electrons. The van der Waals surface area contributed by atoms with Gasteiger partial charge in [0, 0.05) is 13.2 Å². The Morgan fingerprint density at radius 3 is 2.39 bits per heavy atom. The molecule has 0 spiro atoms. The Labute approximate surface area is 196 Å². The number of benzene rings is 1. The number of carbonyl (C=O) groups excluding carboxylic acids is 2. The molecule has 8 heteroatoms. The number of nitrogens with one attached hydrogen (secondary N) is 1. The van der Waals surface area contributed by atoms with Crippen molar-refractivity contribution in [3.63, 3.8) is 0 Å². The minimum Gasteiger partial charge on any atom is -0.461 e. The first-order chi connectivity index (χ1) is 15.6. The lowest BCUT2D eigenvalue weighted by Gasteiger charge is -2.27. The van der Waals surface area contributed by atoms with Gasteiger partial charge in [0.05, 0.1) is 12.7 Å². The van der Waals surface area contributed by atoms with E-state index >= 15 is 0 Å². The van der Waals surface area contributed by atoms with Gasteiger partial charge in [0.2, 0.25) is 0 Å². The third-order valence-corrected chi connectivity index (χ3v) is 5.31. The average Bonchev–Trinajstić information content (AvgIpc) is 3.55. The molecule has 1 aliphatic carbocycles. The Morgan fingerprint density at radius 1 is 1.18 bits per heavy atom. The molecular formula is C25H38FNO6. The van der Waals surface area contributed by atoms with Crippen LogP contribution in [0.3, 0.4) is 0 Å². The molecule has 1 saturated carbocycles. The quantitative estimate of drug-likeness (QED) is 0.650. The number of carbonyl (C=O) groups is 2. The van der Waals surface area contributed by atoms with E-state index in [4.69, 9.17) is 19.3 Å². The largest absolute Gasteiger partial charge is 0.461 e. The lowest BCUT2D eigenvalue weighted by molar-refractivity contribution is -0.154. The summed E-state index contributed by atoms with van der Waals surface area (Å²) in [5, 5.41) is 10.7. The number of aliphatic hydroxyl groups excluding tert-OH is 1. The number of aliphatic hydroxyl groups is 1. The highest BCUT2D eigenvalue weighted by Crippen LogP contribution is 2.27. The lowest BCUT2D eigenvalue weighted by atomic mass is 9.91. The van der Waals surface area contributed by atoms with Gasteiger partial charge in [0.1, 0.15) is 11.4 Å². The number of esters is 1. The number of amides is 1. The maximum Gasteiger partial charge on any atom is 0.408 e. The predicted octanol–water partition coefficient (Wildman–Crippen LogP) is 4.01. The molecule has 2 fully saturated rings. The minimum absolute atomic E-state index is 0.0219. The second kappa shape index (κ2) is 12.9. The predicted molar refractivity (Wildman–Crippen MR) is 122 cm³/mol. The van der Waals surface area contributed by atoms with Gasteiger partial charge in [0.15, 0.2) is 6.04 Å². The molecule has 1 aliphatic heterocycles. The van der Waals surface area contributed by atoms with Gasteiger partial charge in [0.25, 0.3) is 0 Å². The summed E-state index contributed by atoms with van der Waals surface area (Å²) >= 11 is 0. The van der Waals surface area contributed by atoms with Crippen LogP contribution in [0.25, 0.3) is 0 Å². The fraction of sp³-hybridized carbons (Fsp3) is 0.680. The molecule has 2 N–H and O–H groups in total. The van der Waals surface area contributed by atoms with Crippen LogP contribution in [-0.2, 0) is 25.4 Å². The van der Waals surface area contributed by atoms with Crippen LogP contribution in [0.5, 0.6) is 0 Å². The maximum absolute atomic E-state index is 13.1. The minimum atomic E-state index is -0.911. The van der Waals surface area contributed by atoms with Crippen molar-refractivity contribution >= 4 is 12.1 Å². The number of halogens is 1. The topological polar surface area (TPSA) is 94.1 Å². The van der Waals surface area contributed by atoms with Gasteiger partial charge >= 0.3 is 12.1 Å². The Hall–Kier alpha value is -2.19. The van der Waals surface area contributed by atoms with Gasteiger partial charge in [-0.1, -0.05) is 12.1 Å². The van der Waals surface area contributed by atoms with Crippen molar-refractivity contribution in [3.05, 3.63) is 35.6 Å². The van der Waals surface area contributed by atoms with Crippen LogP contribution >= 0.6 is 0 Å². The monoisotopic (exact) mass is 467 g/mol. The third kappa shape index (κ3) is 11.5. The Morgan fingerprint density at radius 2 is 1.85 bits per heavy atom. The van der Waals surface area contributed by atoms with E-state index in [1.54, 1.807) is 32.9 Å². The van der Waals surface area contributed by atoms with E-state index in [9.17, 15) is 14.0 Å². The van der Waals surface area contributed by atoms with Gasteiger partial charge in [-0.15, -0.1) is 0 Å². The summed E-state index contributed by atoms with van der Waals surface area (Å²) in [6.45, 7) is 7.98. The van der Waals surface area contributed by atoms with E-state index in [0.29, 0.717) is 25.6 Å². The number of cyclic esters (lactones) is 1. The van der Waals surface area contributed by atoms with E-state index in [1.807, 2.05) is 6.92 Å². The summed E-state index contributed by atoms with van der Waals surface area (Å²) in [6.07, 6.45) is 3.72. The van der Waals surface area contributed by atoms with Crippen molar-refractivity contribution in [2.45, 2.75) is 77.5 Å². The van der Waals surface area contributed by atoms with Crippen molar-refractivity contribution in [2.24, 2.45) is 11.8 Å². The number of ether oxygens (including phenoxy) is 3. The van der Waals surface area contributed by atoms with Crippen LogP contribution in [0, 0.1) is 17.7 Å². The highest BCUT2D eigenvalue weighted by molar-refractivity contribution is 5.81. The Kier molecular flexibility index (Phi) is 10.6. The first kappa shape index (κ1) is 27.1. The van der Waals surface area contributed by atoms with Crippen LogP contribution in [0.15, 0.2) is 24.3 Å². The number of hydrogen-bond donors (Lipinski definition) is 2. The first-order valence-electron chi connectivity index (χ1n) is 11.7. The molecule has 0 radical (unpaired) electrons. The van der Waals surface area contributed by atoms with Gasteiger partial charge in [-0.25, -0.2) is 14.0 Å². The van der Waals surface area contributed by atoms with Gasteiger partial charge in [-0.2, -0.15) is 0 Å². The zero-order chi connectivity index (χ0) is 24.4. The second-order valence-corrected chi connectivity index (χ2v) is 9.87. The van der Waals surface area contributed by atoms with Crippen LogP contribution in [0.2, 0.25) is 0 Å². The molecule has 0 bridgehead atoms. The highest BCUT2D eigenvalue weighted by atomic mass is 19.1. The molecule has 2 unspecified atom stereocenters. The summed E-state index contributed by atoms with van der Waals surface area (Å²) in [5.41, 5.74) is 0.373. The molecule has 1 aromatic rings. The van der Waals surface area contributed by atoms with Crippen LogP contribution in [-0.4, -0.2) is 54.7 Å². The van der Waals surface area contributed by atoms with Crippen LogP contribution in [0.1, 0.15) is 58.9 Å². The van der Waals surface area contributed by atoms with Crippen molar-refractivity contribution < 1.29 is 33.3 Å². The summed E-state index contributed by atoms with van der Waals surface area (Å²) in [4.78, 5) is 24.4. The molecule has 1 heterocycles. The molecule has 1 amide bonds. The zero-order valence-corrected chi connectivity index (χ0v) is 20.1. The average molecular weight is 468 g/mol. The Balaban J connectivity index is 0.000000678. The third-order valence-electron chi connectivity index (χ3n) is 5.31. The van der Waals surface area contributed by atoms with E-state index in [1.165, 1.54) is 25.0 Å². The summed E-state index contributed by atoms with van der Waals surface area (Å²) in [6, 6.07) is 5.52. The second-order valence-electron chi connectivity index (χ2n) is 9.87. The van der Waals surface area contributed by atoms with Gasteiger partial charge < -0.3 is 24.6 Å². The van der Waals surface area contributed by atoms with Gasteiger partial charge in [-0.3, -0.25) is 0 Å². The molecule has 2 aliphatic rings. The van der Waals surface area contributed by atoms with Crippen LogP contribution in [0.4, 0.5) is 9.18 Å². The van der Waals surface area contributed by atoms with E-state index in [0.717, 1.165) is 18.4 Å². The van der Waals surface area contributed by atoms with Crippen molar-refractivity contribution in [1.29, 1.82) is 0 Å². The van der Waals surface area contributed by atoms with E-state index in [2.05, 4.69) is 5.32 Å². The standard InChI is InChI=1S/C21H30FNO5.C4H8O/c1-14-11-16(12-15-5-7-17(22)8-6-15)9-10-26-13-18(19(24)27-14)23-20(25)28-21(2,3)4;5-3-4-1-2-4/h5-8,14,16,18H,9-13H2,1-4H3,(H,23,25);4-5H,1-3H2/t14?,16?,18-;/m0./s1. The van der Waals surface area contributed by atoms with Gasteiger partial charge in [-0.05, 0) is 89.3 Å². The van der Waals surface area contributed by atoms with Crippen molar-refractivity contribution in [2.75, 3.05) is 19.8 Å². The van der Waals surface area contributed by atoms with E-state index in [-0.39, 0.29) is 24.4 Å². The lowest BCUT2D eigenvalue weighted by Crippen LogP contribution is -2.48. The fourth-order valence-electron chi connectivity index (χ4n) is 3.43. The molecule has 1 aromatic carbocycles. The summed E-state index contributed by atoms with van der Waals surface area (Å²) in [7, 11) is 0. The van der Waals surface area contributed by atoms with E-state index < -0.39 is 23.7 Å². The fourth-order valence-corrected chi connectivity index (χ4v) is 3.43. The summed E-state index contributed by atoms with van der Waals surface area (Å²) in [5.74, 6) is 0.128. The molecule has 3 atom stereocenters. The number of alkyl carbamates (subject to hydrolysis) is 1. The normalized spacial score (nSPS) is 24.1. The molecular weight excluding hydrogens is 429 g/mol. The van der Waals surface area contributed by atoms with Crippen molar-refractivity contribution in [3.8, 4) is 0 Å². The number of hydrogen-bond acceptors (Lipinski definition) is 6. The Bertz CT molecular complexity index is 744. The maximum atomic E-state index is 13.1. The molecule has 3 rings (SSSR count). The number of rotatable bonds is 4. The zero-order valence-electron chi connectivity index (χ0n) is 20.1. The summed E-state index contributed by atoms with van der Waals surface area (Å²) < 4.78 is 29.4. The smallest absolute Gasteiger partial charge is 0.408 e. The molecule has 1 saturated heterocycles. The van der Waals surface area contributed by atoms with Crippen molar-refractivity contribution in [1.82, 2.24) is 5.32 Å². The molecule has 7 nitrogen and oxygen atoms in total. The highest BCUT2D eigenvalue weighted by Gasteiger charge is 2.29.